The zero-order chi connectivity index (χ0) is 19.2. The predicted molar refractivity (Wildman–Crippen MR) is 98.2 cm³/mol. The first-order valence-electron chi connectivity index (χ1n) is 8.04. The molecular formula is C20H15FN2O4. The maximum absolute atomic E-state index is 13.2. The molecule has 0 aliphatic carbocycles. The molecule has 136 valence electrons. The van der Waals surface area contributed by atoms with Crippen molar-refractivity contribution in [3.63, 3.8) is 0 Å². The van der Waals surface area contributed by atoms with Gasteiger partial charge in [-0.2, -0.15) is 0 Å². The van der Waals surface area contributed by atoms with Crippen LogP contribution in [0.3, 0.4) is 0 Å². The molecule has 0 unspecified atom stereocenters. The normalized spacial score (nSPS) is 10.3. The van der Waals surface area contributed by atoms with Gasteiger partial charge in [0.2, 0.25) is 0 Å². The van der Waals surface area contributed by atoms with Gasteiger partial charge in [-0.25, -0.2) is 4.39 Å². The van der Waals surface area contributed by atoms with Gasteiger partial charge in [0.25, 0.3) is 11.6 Å². The van der Waals surface area contributed by atoms with E-state index in [4.69, 9.17) is 4.74 Å². The molecule has 0 aromatic heterocycles. The third kappa shape index (κ3) is 4.88. The van der Waals surface area contributed by atoms with Crippen molar-refractivity contribution in [2.45, 2.75) is 6.61 Å². The Morgan fingerprint density at radius 2 is 1.81 bits per heavy atom. The van der Waals surface area contributed by atoms with E-state index >= 15 is 0 Å². The Kier molecular flexibility index (Phi) is 5.41. The summed E-state index contributed by atoms with van der Waals surface area (Å²) in [6.45, 7) is 0.198. The lowest BCUT2D eigenvalue weighted by molar-refractivity contribution is -0.384. The number of rotatable bonds is 6. The van der Waals surface area contributed by atoms with E-state index in [1.165, 1.54) is 36.4 Å². The Labute approximate surface area is 154 Å². The number of hydrogen-bond acceptors (Lipinski definition) is 4. The second-order valence-electron chi connectivity index (χ2n) is 5.71. The molecule has 0 heterocycles. The van der Waals surface area contributed by atoms with Crippen LogP contribution in [-0.4, -0.2) is 10.8 Å². The standard InChI is InChI=1S/C20H15FN2O4/c21-16-6-3-9-19(12-16)27-13-14-4-1-7-17(10-14)22-20(24)15-5-2-8-18(11-15)23(25)26/h1-12H,13H2,(H,22,24). The van der Waals surface area contributed by atoms with Crippen LogP contribution in [0.25, 0.3) is 0 Å². The highest BCUT2D eigenvalue weighted by Crippen LogP contribution is 2.18. The molecule has 1 amide bonds. The first-order chi connectivity index (χ1) is 13.0. The average Bonchev–Trinajstić information content (AvgIpc) is 2.67. The fraction of sp³-hybridized carbons (Fsp3) is 0.0500. The van der Waals surface area contributed by atoms with Crippen molar-refractivity contribution in [3.8, 4) is 5.75 Å². The van der Waals surface area contributed by atoms with E-state index in [0.29, 0.717) is 11.4 Å². The first kappa shape index (κ1) is 18.1. The largest absolute Gasteiger partial charge is 0.489 e. The molecule has 3 aromatic carbocycles. The summed E-state index contributed by atoms with van der Waals surface area (Å²) in [7, 11) is 0. The minimum absolute atomic E-state index is 0.153. The predicted octanol–water partition coefficient (Wildman–Crippen LogP) is 4.57. The number of amides is 1. The van der Waals surface area contributed by atoms with E-state index in [1.54, 1.807) is 30.3 Å². The lowest BCUT2D eigenvalue weighted by Crippen LogP contribution is -2.12. The Morgan fingerprint density at radius 1 is 1.04 bits per heavy atom. The number of carbonyl (C=O) groups is 1. The molecule has 0 saturated carbocycles. The van der Waals surface area contributed by atoms with Gasteiger partial charge in [-0.05, 0) is 35.9 Å². The summed E-state index contributed by atoms with van der Waals surface area (Å²) < 4.78 is 18.7. The van der Waals surface area contributed by atoms with Crippen LogP contribution in [0.15, 0.2) is 72.8 Å². The molecule has 0 aliphatic heterocycles. The van der Waals surface area contributed by atoms with Gasteiger partial charge < -0.3 is 10.1 Å². The molecule has 0 atom stereocenters. The molecule has 6 nitrogen and oxygen atoms in total. The highest BCUT2D eigenvalue weighted by molar-refractivity contribution is 6.04. The van der Waals surface area contributed by atoms with Crippen LogP contribution in [0.2, 0.25) is 0 Å². The molecule has 0 spiro atoms. The van der Waals surface area contributed by atoms with E-state index in [1.807, 2.05) is 6.07 Å². The maximum atomic E-state index is 13.2. The van der Waals surface area contributed by atoms with Crippen molar-refractivity contribution in [3.05, 3.63) is 99.9 Å². The Bertz CT molecular complexity index is 991. The molecule has 27 heavy (non-hydrogen) atoms. The fourth-order valence-corrected chi connectivity index (χ4v) is 2.43. The quantitative estimate of drug-likeness (QED) is 0.512. The van der Waals surface area contributed by atoms with Crippen LogP contribution >= 0.6 is 0 Å². The van der Waals surface area contributed by atoms with Crippen molar-refractivity contribution < 1.29 is 18.8 Å². The summed E-state index contributed by atoms with van der Waals surface area (Å²) in [6.07, 6.45) is 0. The topological polar surface area (TPSA) is 81.5 Å². The molecule has 3 rings (SSSR count). The number of anilines is 1. The third-order valence-corrected chi connectivity index (χ3v) is 3.71. The molecule has 7 heteroatoms. The number of carbonyl (C=O) groups excluding carboxylic acids is 1. The first-order valence-corrected chi connectivity index (χ1v) is 8.04. The Balaban J connectivity index is 1.67. The van der Waals surface area contributed by atoms with Gasteiger partial charge in [-0.3, -0.25) is 14.9 Å². The van der Waals surface area contributed by atoms with Gasteiger partial charge in [0, 0.05) is 29.4 Å². The minimum Gasteiger partial charge on any atom is -0.489 e. The summed E-state index contributed by atoms with van der Waals surface area (Å²) in [5, 5.41) is 13.5. The van der Waals surface area contributed by atoms with Gasteiger partial charge in [-0.1, -0.05) is 24.3 Å². The van der Waals surface area contributed by atoms with Crippen molar-refractivity contribution in [2.75, 3.05) is 5.32 Å². The van der Waals surface area contributed by atoms with Crippen molar-refractivity contribution in [1.29, 1.82) is 0 Å². The van der Waals surface area contributed by atoms with E-state index in [9.17, 15) is 19.3 Å². The van der Waals surface area contributed by atoms with E-state index < -0.39 is 10.8 Å². The molecule has 0 saturated heterocycles. The number of nitro groups is 1. The zero-order valence-corrected chi connectivity index (χ0v) is 14.1. The van der Waals surface area contributed by atoms with Crippen LogP contribution in [0.5, 0.6) is 5.75 Å². The number of benzene rings is 3. The summed E-state index contributed by atoms with van der Waals surface area (Å²) in [5.74, 6) is -0.437. The summed E-state index contributed by atoms with van der Waals surface area (Å²) in [5.41, 5.74) is 1.33. The second kappa shape index (κ2) is 8.09. The van der Waals surface area contributed by atoms with Crippen LogP contribution in [-0.2, 0) is 6.61 Å². The zero-order valence-electron chi connectivity index (χ0n) is 14.1. The molecule has 0 fully saturated rings. The highest BCUT2D eigenvalue weighted by Gasteiger charge is 2.12. The summed E-state index contributed by atoms with van der Waals surface area (Å²) in [4.78, 5) is 22.6. The summed E-state index contributed by atoms with van der Waals surface area (Å²) in [6, 6.07) is 18.3. The number of ether oxygens (including phenoxy) is 1. The SMILES string of the molecule is O=C(Nc1cccc(COc2cccc(F)c2)c1)c1cccc([N+](=O)[O-])c1. The third-order valence-electron chi connectivity index (χ3n) is 3.71. The molecule has 3 aromatic rings. The van der Waals surface area contributed by atoms with Gasteiger partial charge in [0.05, 0.1) is 4.92 Å². The van der Waals surface area contributed by atoms with Gasteiger partial charge in [0.15, 0.2) is 0 Å². The lowest BCUT2D eigenvalue weighted by atomic mass is 10.1. The number of nitrogens with one attached hydrogen (secondary N) is 1. The van der Waals surface area contributed by atoms with Gasteiger partial charge >= 0.3 is 0 Å². The average molecular weight is 366 g/mol. The molecule has 0 bridgehead atoms. The highest BCUT2D eigenvalue weighted by atomic mass is 19.1. The van der Waals surface area contributed by atoms with Crippen LogP contribution in [0.1, 0.15) is 15.9 Å². The van der Waals surface area contributed by atoms with Gasteiger partial charge in [0.1, 0.15) is 18.2 Å². The smallest absolute Gasteiger partial charge is 0.270 e. The van der Waals surface area contributed by atoms with Crippen LogP contribution < -0.4 is 10.1 Å². The number of non-ortho nitro benzene ring substituents is 1. The van der Waals surface area contributed by atoms with Crippen LogP contribution in [0, 0.1) is 15.9 Å². The number of halogens is 1. The van der Waals surface area contributed by atoms with Crippen molar-refractivity contribution in [2.24, 2.45) is 0 Å². The lowest BCUT2D eigenvalue weighted by Gasteiger charge is -2.09. The molecular weight excluding hydrogens is 351 g/mol. The number of nitro benzene ring substituents is 1. The van der Waals surface area contributed by atoms with Gasteiger partial charge in [-0.15, -0.1) is 0 Å². The van der Waals surface area contributed by atoms with E-state index in [-0.39, 0.29) is 23.7 Å². The molecule has 1 N–H and O–H groups in total. The maximum Gasteiger partial charge on any atom is 0.270 e. The Hall–Kier alpha value is -3.74. The van der Waals surface area contributed by atoms with E-state index in [0.717, 1.165) is 5.56 Å². The minimum atomic E-state index is -0.554. The molecule has 0 radical (unpaired) electrons. The Morgan fingerprint density at radius 3 is 2.59 bits per heavy atom. The number of hydrogen-bond donors (Lipinski definition) is 1. The van der Waals surface area contributed by atoms with Crippen molar-refractivity contribution >= 4 is 17.3 Å². The number of nitrogens with zero attached hydrogens (tertiary/aromatic N) is 1. The monoisotopic (exact) mass is 366 g/mol. The van der Waals surface area contributed by atoms with Crippen molar-refractivity contribution in [1.82, 2.24) is 0 Å². The molecule has 0 aliphatic rings. The second-order valence-corrected chi connectivity index (χ2v) is 5.71. The van der Waals surface area contributed by atoms with E-state index in [2.05, 4.69) is 5.32 Å². The van der Waals surface area contributed by atoms with Crippen LogP contribution in [0.4, 0.5) is 15.8 Å². The summed E-state index contributed by atoms with van der Waals surface area (Å²) >= 11 is 0. The fourth-order valence-electron chi connectivity index (χ4n) is 2.43.